The molecule has 1 saturated heterocycles. The van der Waals surface area contributed by atoms with E-state index in [4.69, 9.17) is 16.3 Å². The highest BCUT2D eigenvalue weighted by Crippen LogP contribution is 2.31. The zero-order valence-corrected chi connectivity index (χ0v) is 21.6. The number of aromatic amines is 1. The molecule has 10 nitrogen and oxygen atoms in total. The van der Waals surface area contributed by atoms with E-state index in [1.54, 1.807) is 13.8 Å². The number of imidazole rings is 1. The van der Waals surface area contributed by atoms with Crippen LogP contribution in [-0.2, 0) is 30.8 Å². The molecule has 186 valence electrons. The molecule has 0 unspecified atom stereocenters. The Hall–Kier alpha value is -2.28. The van der Waals surface area contributed by atoms with E-state index < -0.39 is 43.9 Å². The van der Waals surface area contributed by atoms with Crippen molar-refractivity contribution in [2.24, 2.45) is 0 Å². The van der Waals surface area contributed by atoms with Gasteiger partial charge in [-0.1, -0.05) is 17.7 Å². The molecule has 2 atom stereocenters. The summed E-state index contributed by atoms with van der Waals surface area (Å²) in [5.41, 5.74) is 0.0206. The van der Waals surface area contributed by atoms with E-state index in [0.717, 1.165) is 0 Å². The molecule has 1 amide bonds. The highest BCUT2D eigenvalue weighted by Gasteiger charge is 2.47. The lowest BCUT2D eigenvalue weighted by Gasteiger charge is -2.31. The minimum Gasteiger partial charge on any atom is -0.506 e. The van der Waals surface area contributed by atoms with Crippen LogP contribution in [0.1, 0.15) is 32.2 Å². The number of ether oxygens (including phenoxy) is 1. The SMILES string of the molecule is CCOC(=O)[C@H](Cc1ccc(O)c(Cl)c1)N(C(=O)[C@H]1NC(C)(C)CS1)S(=O)(=O)c1c[nH]c(C)n1. The maximum Gasteiger partial charge on any atom is 0.330 e. The van der Waals surface area contributed by atoms with Crippen molar-refractivity contribution in [3.63, 3.8) is 0 Å². The number of thioether (sulfide) groups is 1. The van der Waals surface area contributed by atoms with Crippen LogP contribution in [0.25, 0.3) is 0 Å². The van der Waals surface area contributed by atoms with Crippen LogP contribution in [0.15, 0.2) is 29.4 Å². The van der Waals surface area contributed by atoms with Crippen LogP contribution >= 0.6 is 23.4 Å². The van der Waals surface area contributed by atoms with Gasteiger partial charge in [0.25, 0.3) is 15.9 Å². The predicted octanol–water partition coefficient (Wildman–Crippen LogP) is 2.21. The molecule has 13 heteroatoms. The molecule has 1 aliphatic heterocycles. The average molecular weight is 531 g/mol. The number of nitrogens with zero attached hydrogens (tertiary/aromatic N) is 2. The first-order chi connectivity index (χ1) is 15.9. The number of carbonyl (C=O) groups is 2. The number of halogens is 1. The first kappa shape index (κ1) is 26.3. The number of H-pyrrole nitrogens is 1. The van der Waals surface area contributed by atoms with Gasteiger partial charge in [-0.15, -0.1) is 11.8 Å². The summed E-state index contributed by atoms with van der Waals surface area (Å²) in [5.74, 6) is -0.966. The third kappa shape index (κ3) is 5.68. The normalized spacial score (nSPS) is 18.4. The maximum atomic E-state index is 13.7. The Balaban J connectivity index is 2.11. The van der Waals surface area contributed by atoms with E-state index >= 15 is 0 Å². The van der Waals surface area contributed by atoms with Crippen molar-refractivity contribution in [3.8, 4) is 5.75 Å². The Morgan fingerprint density at radius 3 is 2.65 bits per heavy atom. The number of carbonyl (C=O) groups excluding carboxylic acids is 2. The van der Waals surface area contributed by atoms with Gasteiger partial charge in [0.2, 0.25) is 0 Å². The minimum absolute atomic E-state index is 0.0152. The van der Waals surface area contributed by atoms with Crippen molar-refractivity contribution in [2.75, 3.05) is 12.4 Å². The van der Waals surface area contributed by atoms with Gasteiger partial charge in [-0.25, -0.2) is 14.1 Å². The Bertz CT molecular complexity index is 1180. The zero-order valence-electron chi connectivity index (χ0n) is 19.2. The monoisotopic (exact) mass is 530 g/mol. The van der Waals surface area contributed by atoms with Crippen molar-refractivity contribution in [1.29, 1.82) is 0 Å². The number of aromatic nitrogens is 2. The van der Waals surface area contributed by atoms with Gasteiger partial charge in [-0.05, 0) is 45.4 Å². The van der Waals surface area contributed by atoms with Crippen molar-refractivity contribution in [1.82, 2.24) is 19.6 Å². The Morgan fingerprint density at radius 2 is 2.12 bits per heavy atom. The summed E-state index contributed by atoms with van der Waals surface area (Å²) >= 11 is 7.27. The van der Waals surface area contributed by atoms with E-state index in [2.05, 4.69) is 15.3 Å². The largest absolute Gasteiger partial charge is 0.506 e. The van der Waals surface area contributed by atoms with E-state index in [9.17, 15) is 23.1 Å². The van der Waals surface area contributed by atoms with Crippen LogP contribution in [0.2, 0.25) is 5.02 Å². The molecule has 0 radical (unpaired) electrons. The second-order valence-corrected chi connectivity index (χ2v) is 11.7. The first-order valence-corrected chi connectivity index (χ1v) is 13.4. The predicted molar refractivity (Wildman–Crippen MR) is 128 cm³/mol. The van der Waals surface area contributed by atoms with Crippen LogP contribution in [0.5, 0.6) is 5.75 Å². The molecule has 3 N–H and O–H groups in total. The van der Waals surface area contributed by atoms with E-state index in [-0.39, 0.29) is 23.8 Å². The lowest BCUT2D eigenvalue weighted by molar-refractivity contribution is -0.151. The molecule has 0 spiro atoms. The second-order valence-electron chi connectivity index (χ2n) is 8.44. The molecule has 2 aromatic rings. The first-order valence-electron chi connectivity index (χ1n) is 10.5. The number of aromatic hydroxyl groups is 1. The zero-order chi connectivity index (χ0) is 25.3. The molecular formula is C21H27ClN4O6S2. The summed E-state index contributed by atoms with van der Waals surface area (Å²) in [5, 5.41) is 11.6. The van der Waals surface area contributed by atoms with Gasteiger partial charge in [-0.2, -0.15) is 8.42 Å². The second kappa shape index (κ2) is 10.1. The molecule has 1 aromatic heterocycles. The van der Waals surface area contributed by atoms with Gasteiger partial charge in [-0.3, -0.25) is 10.1 Å². The third-order valence-electron chi connectivity index (χ3n) is 5.06. The van der Waals surface area contributed by atoms with Gasteiger partial charge in [0.05, 0.1) is 11.6 Å². The molecule has 1 aromatic carbocycles. The molecule has 1 aliphatic rings. The van der Waals surface area contributed by atoms with Crippen LogP contribution in [-0.4, -0.2) is 69.0 Å². The van der Waals surface area contributed by atoms with Gasteiger partial charge in [0, 0.05) is 23.9 Å². The average Bonchev–Trinajstić information content (AvgIpc) is 3.35. The molecule has 2 heterocycles. The topological polar surface area (TPSA) is 142 Å². The number of sulfonamides is 1. The number of benzene rings is 1. The van der Waals surface area contributed by atoms with Crippen molar-refractivity contribution in [3.05, 3.63) is 40.8 Å². The molecule has 0 bridgehead atoms. The highest BCUT2D eigenvalue weighted by molar-refractivity contribution is 8.01. The van der Waals surface area contributed by atoms with Crippen molar-refractivity contribution < 1.29 is 27.9 Å². The number of aryl methyl sites for hydroxylation is 1. The lowest BCUT2D eigenvalue weighted by Crippen LogP contribution is -2.56. The lowest BCUT2D eigenvalue weighted by atomic mass is 10.1. The van der Waals surface area contributed by atoms with E-state index in [1.165, 1.54) is 36.2 Å². The standard InChI is InChI=1S/C21H27ClN4O6S2/c1-5-32-20(29)15(9-13-6-7-16(27)14(22)8-13)26(19(28)18-25-21(3,4)11-33-18)34(30,31)17-10-23-12(2)24-17/h6-8,10,15,18,25,27H,5,9,11H2,1-4H3,(H,23,24)/t15-,18-/m0/s1. The van der Waals surface area contributed by atoms with E-state index in [0.29, 0.717) is 21.4 Å². The number of phenolic OH excluding ortho intramolecular Hbond substituents is 1. The summed E-state index contributed by atoms with van der Waals surface area (Å²) in [6, 6.07) is 2.70. The highest BCUT2D eigenvalue weighted by atomic mass is 35.5. The number of rotatable bonds is 8. The smallest absolute Gasteiger partial charge is 0.330 e. The number of amides is 1. The van der Waals surface area contributed by atoms with Crippen LogP contribution in [0.4, 0.5) is 0 Å². The fourth-order valence-electron chi connectivity index (χ4n) is 3.45. The molecule has 1 fully saturated rings. The van der Waals surface area contributed by atoms with Gasteiger partial charge in [0.1, 0.15) is 23.0 Å². The van der Waals surface area contributed by atoms with Crippen LogP contribution in [0, 0.1) is 6.92 Å². The Labute approximate surface area is 207 Å². The summed E-state index contributed by atoms with van der Waals surface area (Å²) in [6.45, 7) is 6.93. The quantitative estimate of drug-likeness (QED) is 0.438. The van der Waals surface area contributed by atoms with Gasteiger partial charge >= 0.3 is 5.97 Å². The number of nitrogens with one attached hydrogen (secondary N) is 2. The summed E-state index contributed by atoms with van der Waals surface area (Å²) < 4.78 is 33.1. The molecule has 0 aliphatic carbocycles. The Kier molecular flexibility index (Phi) is 7.85. The van der Waals surface area contributed by atoms with Crippen molar-refractivity contribution in [2.45, 2.75) is 56.1 Å². The molecule has 3 rings (SSSR count). The number of phenols is 1. The van der Waals surface area contributed by atoms with Crippen LogP contribution < -0.4 is 5.32 Å². The Morgan fingerprint density at radius 1 is 1.41 bits per heavy atom. The molecule has 0 saturated carbocycles. The molecule has 34 heavy (non-hydrogen) atoms. The van der Waals surface area contributed by atoms with Crippen LogP contribution in [0.3, 0.4) is 0 Å². The number of hydrogen-bond donors (Lipinski definition) is 3. The minimum atomic E-state index is -4.55. The fraction of sp³-hybridized carbons (Fsp3) is 0.476. The molecular weight excluding hydrogens is 504 g/mol. The number of hydrogen-bond acceptors (Lipinski definition) is 9. The summed E-state index contributed by atoms with van der Waals surface area (Å²) in [6.07, 6.45) is 0.956. The summed E-state index contributed by atoms with van der Waals surface area (Å²) in [7, 11) is -4.55. The van der Waals surface area contributed by atoms with E-state index in [1.807, 2.05) is 13.8 Å². The fourth-order valence-corrected chi connectivity index (χ4v) is 6.54. The van der Waals surface area contributed by atoms with Crippen molar-refractivity contribution >= 4 is 45.3 Å². The van der Waals surface area contributed by atoms with Gasteiger partial charge in [0.15, 0.2) is 5.03 Å². The van der Waals surface area contributed by atoms with Gasteiger partial charge < -0.3 is 14.8 Å². The number of esters is 1. The third-order valence-corrected chi connectivity index (χ3v) is 8.60. The maximum absolute atomic E-state index is 13.7. The summed E-state index contributed by atoms with van der Waals surface area (Å²) in [4.78, 5) is 33.4.